The number of pyridine rings is 1. The van der Waals surface area contributed by atoms with E-state index in [9.17, 15) is 24.1 Å². The van der Waals surface area contributed by atoms with E-state index >= 15 is 0 Å². The largest absolute Gasteiger partial charge is 0.508 e. The van der Waals surface area contributed by atoms with Crippen molar-refractivity contribution >= 4 is 11.1 Å². The number of phenolic OH excluding ortho intramolecular Hbond substituents is 3. The maximum absolute atomic E-state index is 14.1. The lowest BCUT2D eigenvalue weighted by Crippen LogP contribution is -2.06. The Labute approximate surface area is 330 Å². The monoisotopic (exact) mass is 763 g/mol. The number of ether oxygens (including phenoxy) is 1. The highest BCUT2D eigenvalue weighted by Crippen LogP contribution is 2.34. The minimum absolute atomic E-state index is 0. The summed E-state index contributed by atoms with van der Waals surface area (Å²) in [6, 6.07) is 17.7. The number of alkyl halides is 1. The van der Waals surface area contributed by atoms with Crippen LogP contribution in [0.5, 0.6) is 23.1 Å². The van der Waals surface area contributed by atoms with Crippen LogP contribution in [0.25, 0.3) is 22.3 Å². The first-order valence-electron chi connectivity index (χ1n) is 18.2. The van der Waals surface area contributed by atoms with Crippen molar-refractivity contribution < 1.29 is 28.8 Å². The molecule has 0 saturated heterocycles. The van der Waals surface area contributed by atoms with Crippen LogP contribution in [0.1, 0.15) is 101 Å². The fourth-order valence-corrected chi connectivity index (χ4v) is 5.88. The molecular weight excluding hydrogens is 709 g/mol. The molecule has 2 aliphatic heterocycles. The minimum Gasteiger partial charge on any atom is -0.508 e. The Morgan fingerprint density at radius 2 is 1.11 bits per heavy atom. The van der Waals surface area contributed by atoms with Gasteiger partial charge in [-0.15, -0.1) is 0 Å². The molecule has 4 aromatic rings. The summed E-state index contributed by atoms with van der Waals surface area (Å²) in [5.41, 5.74) is 8.85. The fourth-order valence-electron chi connectivity index (χ4n) is 5.88. The SMILES string of the molecule is C.C=C1C=C(c2cc(O)c(C(C)C)cc2F)C=CN1.C=C1C=C(c2ccc(C(C)C)c(O)c2)C=CN1.CC(F)Oc1cc(-c2ccc(C(C)C)c(O)c2)ccn1. The summed E-state index contributed by atoms with van der Waals surface area (Å²) in [4.78, 5) is 3.95. The zero-order valence-corrected chi connectivity index (χ0v) is 32.5. The zero-order chi connectivity index (χ0) is 40.4. The van der Waals surface area contributed by atoms with E-state index in [0.717, 1.165) is 39.1 Å². The number of halogens is 2. The predicted molar refractivity (Wildman–Crippen MR) is 226 cm³/mol. The Balaban J connectivity index is 0.000000224. The molecule has 0 saturated carbocycles. The van der Waals surface area contributed by atoms with Crippen molar-refractivity contribution in [3.8, 4) is 34.3 Å². The Hall–Kier alpha value is -6.09. The number of nitrogens with zero attached hydrogens (tertiary/aromatic N) is 1. The zero-order valence-electron chi connectivity index (χ0n) is 32.5. The summed E-state index contributed by atoms with van der Waals surface area (Å²) < 4.78 is 31.8. The van der Waals surface area contributed by atoms with Crippen molar-refractivity contribution in [3.05, 3.63) is 162 Å². The molecule has 1 aromatic heterocycles. The first-order valence-corrected chi connectivity index (χ1v) is 18.2. The maximum Gasteiger partial charge on any atom is 0.237 e. The second-order valence-electron chi connectivity index (χ2n) is 14.2. The van der Waals surface area contributed by atoms with Crippen LogP contribution in [-0.4, -0.2) is 26.7 Å². The predicted octanol–water partition coefficient (Wildman–Crippen LogP) is 12.1. The van der Waals surface area contributed by atoms with E-state index in [-0.39, 0.29) is 42.5 Å². The fraction of sp³-hybridized carbons (Fsp3) is 0.255. The van der Waals surface area contributed by atoms with E-state index in [0.29, 0.717) is 34.1 Å². The van der Waals surface area contributed by atoms with Gasteiger partial charge in [-0.1, -0.05) is 86.4 Å². The molecule has 1 unspecified atom stereocenters. The summed E-state index contributed by atoms with van der Waals surface area (Å²) in [6.07, 6.45) is 11.1. The number of benzene rings is 3. The smallest absolute Gasteiger partial charge is 0.237 e. The molecule has 296 valence electrons. The van der Waals surface area contributed by atoms with Gasteiger partial charge in [0.15, 0.2) is 0 Å². The molecule has 9 heteroatoms. The quantitative estimate of drug-likeness (QED) is 0.122. The second kappa shape index (κ2) is 20.0. The molecule has 0 fully saturated rings. The number of hydrogen-bond acceptors (Lipinski definition) is 7. The molecule has 0 radical (unpaired) electrons. The lowest BCUT2D eigenvalue weighted by atomic mass is 9.96. The Bertz CT molecular complexity index is 2150. The molecule has 3 aromatic carbocycles. The summed E-state index contributed by atoms with van der Waals surface area (Å²) in [5, 5.41) is 35.8. The third-order valence-electron chi connectivity index (χ3n) is 8.76. The van der Waals surface area contributed by atoms with Gasteiger partial charge >= 0.3 is 0 Å². The van der Waals surface area contributed by atoms with Crippen molar-refractivity contribution in [1.29, 1.82) is 0 Å². The Morgan fingerprint density at radius 3 is 1.62 bits per heavy atom. The maximum atomic E-state index is 14.1. The third kappa shape index (κ3) is 12.0. The van der Waals surface area contributed by atoms with Crippen LogP contribution in [-0.2, 0) is 0 Å². The number of aromatic hydroxyl groups is 3. The van der Waals surface area contributed by atoms with Gasteiger partial charge in [0.1, 0.15) is 23.1 Å². The van der Waals surface area contributed by atoms with Gasteiger partial charge in [-0.25, -0.2) is 13.8 Å². The van der Waals surface area contributed by atoms with Crippen molar-refractivity contribution in [1.82, 2.24) is 15.6 Å². The van der Waals surface area contributed by atoms with E-state index in [1.165, 1.54) is 19.1 Å². The van der Waals surface area contributed by atoms with Gasteiger partial charge in [0.25, 0.3) is 0 Å². The topological polar surface area (TPSA) is 107 Å². The highest BCUT2D eigenvalue weighted by atomic mass is 19.1. The van der Waals surface area contributed by atoms with Gasteiger partial charge < -0.3 is 30.7 Å². The minimum atomic E-state index is -1.41. The van der Waals surface area contributed by atoms with Gasteiger partial charge in [0.05, 0.1) is 0 Å². The summed E-state index contributed by atoms with van der Waals surface area (Å²) >= 11 is 0. The first-order chi connectivity index (χ1) is 26.0. The van der Waals surface area contributed by atoms with Crippen molar-refractivity contribution in [2.45, 2.75) is 80.0 Å². The van der Waals surface area contributed by atoms with Crippen molar-refractivity contribution in [2.24, 2.45) is 0 Å². The molecule has 0 amide bonds. The molecule has 5 N–H and O–H groups in total. The molecule has 3 heterocycles. The normalized spacial score (nSPS) is 13.6. The number of hydrogen-bond donors (Lipinski definition) is 5. The van der Waals surface area contributed by atoms with E-state index < -0.39 is 6.36 Å². The number of aromatic nitrogens is 1. The van der Waals surface area contributed by atoms with Crippen molar-refractivity contribution in [3.63, 3.8) is 0 Å². The van der Waals surface area contributed by atoms with Crippen LogP contribution < -0.4 is 15.4 Å². The van der Waals surface area contributed by atoms with E-state index in [1.807, 2.05) is 76.4 Å². The highest BCUT2D eigenvalue weighted by Gasteiger charge is 2.15. The highest BCUT2D eigenvalue weighted by molar-refractivity contribution is 5.79. The van der Waals surface area contributed by atoms with Gasteiger partial charge in [0.2, 0.25) is 12.2 Å². The van der Waals surface area contributed by atoms with Gasteiger partial charge in [-0.3, -0.25) is 0 Å². The molecule has 7 nitrogen and oxygen atoms in total. The lowest BCUT2D eigenvalue weighted by molar-refractivity contribution is 0.0810. The van der Waals surface area contributed by atoms with Crippen LogP contribution in [0.15, 0.2) is 128 Å². The third-order valence-corrected chi connectivity index (χ3v) is 8.76. The summed E-state index contributed by atoms with van der Waals surface area (Å²) in [5.74, 6) is 1.31. The number of allylic oxidation sites excluding steroid dienone is 6. The molecule has 0 spiro atoms. The van der Waals surface area contributed by atoms with E-state index in [2.05, 4.69) is 42.6 Å². The Kier molecular flexibility index (Phi) is 15.8. The summed E-state index contributed by atoms with van der Waals surface area (Å²) in [7, 11) is 0. The molecule has 1 atom stereocenters. The molecule has 0 aliphatic carbocycles. The molecule has 56 heavy (non-hydrogen) atoms. The van der Waals surface area contributed by atoms with Crippen LogP contribution in [0.3, 0.4) is 0 Å². The van der Waals surface area contributed by atoms with Gasteiger partial charge in [-0.2, -0.15) is 0 Å². The van der Waals surface area contributed by atoms with Crippen LogP contribution in [0.4, 0.5) is 8.78 Å². The summed E-state index contributed by atoms with van der Waals surface area (Å²) in [6.45, 7) is 20.9. The number of phenols is 3. The standard InChI is InChI=1S/C16H18FNO2.C15H16FNO.C15H17NO.CH4/c1-10(2)14-5-4-12(8-15(14)19)13-6-7-18-16(9-13)20-11(3)17;1-9(2)12-7-14(16)13(8-15(12)18)11-4-5-17-10(3)6-11;1-10(2)14-5-4-12(9-15(14)17)13-6-7-16-11(3)8-13;/h4-11,19H,1-3H3;4-9,17-18H,3H2,1-2H3;4-10,16-17H,3H2,1-2H3;1H4. The molecular formula is C47H55F2N3O4. The van der Waals surface area contributed by atoms with Gasteiger partial charge in [0, 0.05) is 48.5 Å². The van der Waals surface area contributed by atoms with Crippen LogP contribution in [0.2, 0.25) is 0 Å². The Morgan fingerprint density at radius 1 is 0.625 bits per heavy atom. The van der Waals surface area contributed by atoms with Gasteiger partial charge in [-0.05, 0) is 117 Å². The van der Waals surface area contributed by atoms with E-state index in [1.54, 1.807) is 42.7 Å². The number of nitrogens with one attached hydrogen (secondary N) is 2. The lowest BCUT2D eigenvalue weighted by Gasteiger charge is -2.14. The average Bonchev–Trinajstić information content (AvgIpc) is 3.12. The van der Waals surface area contributed by atoms with Crippen LogP contribution >= 0.6 is 0 Å². The first kappa shape index (κ1) is 44.3. The van der Waals surface area contributed by atoms with E-state index in [4.69, 9.17) is 4.74 Å². The molecule has 6 rings (SSSR count). The molecule has 2 aliphatic rings. The number of dihydropyridines is 2. The van der Waals surface area contributed by atoms with Crippen molar-refractivity contribution in [2.75, 3.05) is 0 Å². The number of rotatable bonds is 8. The van der Waals surface area contributed by atoms with Crippen LogP contribution in [0, 0.1) is 5.82 Å². The second-order valence-corrected chi connectivity index (χ2v) is 14.2. The average molecular weight is 764 g/mol. The molecule has 0 bridgehead atoms.